The number of halogens is 1. The van der Waals surface area contributed by atoms with Crippen molar-refractivity contribution >= 4 is 28.4 Å². The minimum absolute atomic E-state index is 0.264. The number of nitrogens with zero attached hydrogens (tertiary/aromatic N) is 1. The Labute approximate surface area is 103 Å². The SMILES string of the molecule is O=C1CCN(Cc2ccccc2)C=C1I. The zero-order chi connectivity index (χ0) is 10.7. The van der Waals surface area contributed by atoms with E-state index in [9.17, 15) is 4.79 Å². The Balaban J connectivity index is 2.05. The molecule has 0 aliphatic carbocycles. The van der Waals surface area contributed by atoms with Gasteiger partial charge in [-0.2, -0.15) is 0 Å². The molecule has 2 nitrogen and oxygen atoms in total. The molecule has 1 aliphatic rings. The van der Waals surface area contributed by atoms with E-state index in [4.69, 9.17) is 0 Å². The zero-order valence-corrected chi connectivity index (χ0v) is 10.5. The first kappa shape index (κ1) is 10.7. The van der Waals surface area contributed by atoms with E-state index >= 15 is 0 Å². The van der Waals surface area contributed by atoms with Crippen molar-refractivity contribution < 1.29 is 4.79 Å². The molecule has 0 saturated heterocycles. The molecule has 78 valence electrons. The van der Waals surface area contributed by atoms with E-state index in [0.29, 0.717) is 6.42 Å². The maximum absolute atomic E-state index is 11.3. The van der Waals surface area contributed by atoms with Gasteiger partial charge in [-0.1, -0.05) is 30.3 Å². The number of rotatable bonds is 2. The summed E-state index contributed by atoms with van der Waals surface area (Å²) in [5.74, 6) is 0.264. The lowest BCUT2D eigenvalue weighted by molar-refractivity contribution is -0.115. The van der Waals surface area contributed by atoms with Crippen LogP contribution in [0, 0.1) is 0 Å². The number of ketones is 1. The topological polar surface area (TPSA) is 20.3 Å². The number of carbonyl (C=O) groups excluding carboxylic acids is 1. The summed E-state index contributed by atoms with van der Waals surface area (Å²) in [6.07, 6.45) is 2.60. The second-order valence-electron chi connectivity index (χ2n) is 3.61. The van der Waals surface area contributed by atoms with Gasteiger partial charge in [-0.15, -0.1) is 0 Å². The Morgan fingerprint density at radius 1 is 1.27 bits per heavy atom. The van der Waals surface area contributed by atoms with Gasteiger partial charge in [0.1, 0.15) is 0 Å². The van der Waals surface area contributed by atoms with Crippen molar-refractivity contribution in [3.63, 3.8) is 0 Å². The highest BCUT2D eigenvalue weighted by molar-refractivity contribution is 14.1. The number of benzene rings is 1. The maximum atomic E-state index is 11.3. The molecule has 1 aromatic carbocycles. The summed E-state index contributed by atoms with van der Waals surface area (Å²) in [4.78, 5) is 13.5. The second kappa shape index (κ2) is 4.79. The van der Waals surface area contributed by atoms with Gasteiger partial charge in [-0.25, -0.2) is 0 Å². The minimum atomic E-state index is 0.264. The predicted octanol–water partition coefficient (Wildman–Crippen LogP) is 2.74. The first-order valence-electron chi connectivity index (χ1n) is 4.94. The van der Waals surface area contributed by atoms with Gasteiger partial charge in [-0.3, -0.25) is 4.79 Å². The molecule has 0 spiro atoms. The van der Waals surface area contributed by atoms with Gasteiger partial charge >= 0.3 is 0 Å². The van der Waals surface area contributed by atoms with Gasteiger partial charge in [0.25, 0.3) is 0 Å². The fraction of sp³-hybridized carbons (Fsp3) is 0.250. The number of carbonyl (C=O) groups is 1. The van der Waals surface area contributed by atoms with E-state index in [2.05, 4.69) is 39.6 Å². The Bertz CT molecular complexity index is 386. The molecule has 1 heterocycles. The molecule has 15 heavy (non-hydrogen) atoms. The van der Waals surface area contributed by atoms with Crippen molar-refractivity contribution in [2.45, 2.75) is 13.0 Å². The highest BCUT2D eigenvalue weighted by atomic mass is 127. The lowest BCUT2D eigenvalue weighted by atomic mass is 10.1. The third kappa shape index (κ3) is 2.81. The molecule has 0 bridgehead atoms. The highest BCUT2D eigenvalue weighted by Crippen LogP contribution is 2.18. The molecular weight excluding hydrogens is 301 g/mol. The van der Waals surface area contributed by atoms with Gasteiger partial charge < -0.3 is 4.90 Å². The number of hydrogen-bond donors (Lipinski definition) is 0. The maximum Gasteiger partial charge on any atom is 0.172 e. The van der Waals surface area contributed by atoms with Crippen LogP contribution < -0.4 is 0 Å². The highest BCUT2D eigenvalue weighted by Gasteiger charge is 2.15. The van der Waals surface area contributed by atoms with Crippen molar-refractivity contribution in [2.75, 3.05) is 6.54 Å². The van der Waals surface area contributed by atoms with Gasteiger partial charge in [0.2, 0.25) is 0 Å². The number of allylic oxidation sites excluding steroid dienone is 1. The first-order valence-corrected chi connectivity index (χ1v) is 6.02. The molecule has 0 aromatic heterocycles. The van der Waals surface area contributed by atoms with Gasteiger partial charge in [-0.05, 0) is 28.2 Å². The van der Waals surface area contributed by atoms with E-state index in [1.807, 2.05) is 24.4 Å². The molecule has 0 N–H and O–H groups in total. The molecule has 0 saturated carbocycles. The quantitative estimate of drug-likeness (QED) is 0.783. The molecule has 2 rings (SSSR count). The van der Waals surface area contributed by atoms with Crippen LogP contribution in [0.3, 0.4) is 0 Å². The molecule has 3 heteroatoms. The van der Waals surface area contributed by atoms with Crippen molar-refractivity contribution in [3.05, 3.63) is 45.7 Å². The minimum Gasteiger partial charge on any atom is -0.372 e. The lowest BCUT2D eigenvalue weighted by Crippen LogP contribution is -2.25. The van der Waals surface area contributed by atoms with Crippen molar-refractivity contribution in [2.24, 2.45) is 0 Å². The van der Waals surface area contributed by atoms with Crippen LogP contribution in [0.4, 0.5) is 0 Å². The standard InChI is InChI=1S/C12H12INO/c13-11-9-14(7-6-12(11)15)8-10-4-2-1-3-5-10/h1-5,9H,6-8H2. The summed E-state index contributed by atoms with van der Waals surface area (Å²) < 4.78 is 0.842. The smallest absolute Gasteiger partial charge is 0.172 e. The monoisotopic (exact) mass is 313 g/mol. The molecule has 1 aliphatic heterocycles. The normalized spacial score (nSPS) is 16.5. The summed E-state index contributed by atoms with van der Waals surface area (Å²) >= 11 is 2.11. The first-order chi connectivity index (χ1) is 7.25. The summed E-state index contributed by atoms with van der Waals surface area (Å²) in [6.45, 7) is 1.72. The molecule has 0 fully saturated rings. The summed E-state index contributed by atoms with van der Waals surface area (Å²) in [5.41, 5.74) is 1.28. The largest absolute Gasteiger partial charge is 0.372 e. The van der Waals surface area contributed by atoms with Gasteiger partial charge in [0.05, 0.1) is 3.58 Å². The van der Waals surface area contributed by atoms with Crippen LogP contribution in [0.25, 0.3) is 0 Å². The lowest BCUT2D eigenvalue weighted by Gasteiger charge is -2.24. The van der Waals surface area contributed by atoms with E-state index in [1.165, 1.54) is 5.56 Å². The van der Waals surface area contributed by atoms with Crippen LogP contribution in [0.2, 0.25) is 0 Å². The molecular formula is C12H12INO. The average molecular weight is 313 g/mol. The van der Waals surface area contributed by atoms with Crippen molar-refractivity contribution in [3.8, 4) is 0 Å². The Morgan fingerprint density at radius 2 is 2.00 bits per heavy atom. The van der Waals surface area contributed by atoms with Crippen LogP contribution in [0.5, 0.6) is 0 Å². The van der Waals surface area contributed by atoms with Crippen molar-refractivity contribution in [1.82, 2.24) is 4.90 Å². The Morgan fingerprint density at radius 3 is 2.67 bits per heavy atom. The molecule has 0 amide bonds. The number of hydrogen-bond acceptors (Lipinski definition) is 2. The molecule has 0 unspecified atom stereocenters. The Hall–Kier alpha value is -0.840. The second-order valence-corrected chi connectivity index (χ2v) is 4.77. The van der Waals surface area contributed by atoms with Gasteiger partial charge in [0.15, 0.2) is 5.78 Å². The molecule has 0 radical (unpaired) electrons. The van der Waals surface area contributed by atoms with E-state index < -0.39 is 0 Å². The van der Waals surface area contributed by atoms with E-state index in [-0.39, 0.29) is 5.78 Å². The third-order valence-corrected chi connectivity index (χ3v) is 3.30. The van der Waals surface area contributed by atoms with Crippen LogP contribution in [-0.2, 0) is 11.3 Å². The fourth-order valence-corrected chi connectivity index (χ4v) is 2.27. The van der Waals surface area contributed by atoms with Crippen LogP contribution >= 0.6 is 22.6 Å². The zero-order valence-electron chi connectivity index (χ0n) is 8.32. The summed E-state index contributed by atoms with van der Waals surface area (Å²) in [7, 11) is 0. The van der Waals surface area contributed by atoms with E-state index in [0.717, 1.165) is 16.7 Å². The van der Waals surface area contributed by atoms with Crippen LogP contribution in [0.1, 0.15) is 12.0 Å². The van der Waals surface area contributed by atoms with Crippen LogP contribution in [-0.4, -0.2) is 17.2 Å². The summed E-state index contributed by atoms with van der Waals surface area (Å²) in [6, 6.07) is 10.3. The predicted molar refractivity (Wildman–Crippen MR) is 68.6 cm³/mol. The van der Waals surface area contributed by atoms with E-state index in [1.54, 1.807) is 0 Å². The average Bonchev–Trinajstić information content (AvgIpc) is 2.25. The summed E-state index contributed by atoms with van der Waals surface area (Å²) in [5, 5.41) is 0. The van der Waals surface area contributed by atoms with Gasteiger partial charge in [0, 0.05) is 25.7 Å². The van der Waals surface area contributed by atoms with Crippen LogP contribution in [0.15, 0.2) is 40.1 Å². The molecule has 0 atom stereocenters. The fourth-order valence-electron chi connectivity index (χ4n) is 1.60. The number of Topliss-reactive ketones (excluding diaryl/α,β-unsaturated/α-hetero) is 1. The molecule has 1 aromatic rings. The Kier molecular flexibility index (Phi) is 3.41. The third-order valence-electron chi connectivity index (χ3n) is 2.42. The van der Waals surface area contributed by atoms with Crippen molar-refractivity contribution in [1.29, 1.82) is 0 Å².